The van der Waals surface area contributed by atoms with Gasteiger partial charge < -0.3 is 24.6 Å². The van der Waals surface area contributed by atoms with Gasteiger partial charge >= 0.3 is 5.97 Å². The van der Waals surface area contributed by atoms with Crippen molar-refractivity contribution in [3.8, 4) is 0 Å². The van der Waals surface area contributed by atoms with Crippen LogP contribution in [-0.4, -0.2) is 69.7 Å². The number of carboxylic acid groups (broad SMARTS) is 1. The third-order valence-corrected chi connectivity index (χ3v) is 1.80. The van der Waals surface area contributed by atoms with Crippen molar-refractivity contribution in [3.63, 3.8) is 0 Å². The van der Waals surface area contributed by atoms with Crippen molar-refractivity contribution in [3.05, 3.63) is 10.4 Å². The maximum Gasteiger partial charge on any atom is 0.329 e. The molecule has 10 nitrogen and oxygen atoms in total. The number of carbonyl (C=O) groups excluding carboxylic acids is 1. The summed E-state index contributed by atoms with van der Waals surface area (Å²) < 4.78 is 14.7. The largest absolute Gasteiger partial charge is 0.480 e. The molecule has 0 aliphatic rings. The number of nitrogens with zero attached hydrogens (tertiary/aromatic N) is 3. The lowest BCUT2D eigenvalue weighted by atomic mass is 10.6. The molecule has 0 aliphatic carbocycles. The third-order valence-electron chi connectivity index (χ3n) is 1.80. The summed E-state index contributed by atoms with van der Waals surface area (Å²) in [5, 5.41) is 14.1. The molecule has 0 aromatic carbocycles. The Hall–Kier alpha value is -1.87. The highest BCUT2D eigenvalue weighted by atomic mass is 16.5. The van der Waals surface area contributed by atoms with Gasteiger partial charge in [-0.25, -0.2) is 4.79 Å². The van der Waals surface area contributed by atoms with Gasteiger partial charge in [-0.15, -0.1) is 0 Å². The molecule has 2 N–H and O–H groups in total. The minimum absolute atomic E-state index is 0.113. The van der Waals surface area contributed by atoms with E-state index in [9.17, 15) is 9.59 Å². The van der Waals surface area contributed by atoms with Gasteiger partial charge in [0.2, 0.25) is 5.91 Å². The van der Waals surface area contributed by atoms with Gasteiger partial charge in [-0.3, -0.25) is 4.79 Å². The predicted octanol–water partition coefficient (Wildman–Crippen LogP) is -0.453. The summed E-state index contributed by atoms with van der Waals surface area (Å²) in [7, 11) is 0. The van der Waals surface area contributed by atoms with Gasteiger partial charge in [0.1, 0.15) is 13.2 Å². The van der Waals surface area contributed by atoms with Crippen LogP contribution in [0.5, 0.6) is 0 Å². The SMILES string of the molecule is [N-]=[N+]=NCCOCCNC(=O)COCCOCC(=O)O. The zero-order valence-corrected chi connectivity index (χ0v) is 11.0. The zero-order valence-electron chi connectivity index (χ0n) is 11.0. The van der Waals surface area contributed by atoms with E-state index >= 15 is 0 Å². The molecule has 20 heavy (non-hydrogen) atoms. The Labute approximate surface area is 115 Å². The normalized spacial score (nSPS) is 9.80. The highest BCUT2D eigenvalue weighted by Gasteiger charge is 2.01. The molecule has 0 radical (unpaired) electrons. The number of carbonyl (C=O) groups is 2. The number of hydrogen-bond donors (Lipinski definition) is 2. The fraction of sp³-hybridized carbons (Fsp3) is 0.800. The second-order valence-corrected chi connectivity index (χ2v) is 3.42. The van der Waals surface area contributed by atoms with Crippen molar-refractivity contribution in [1.29, 1.82) is 0 Å². The van der Waals surface area contributed by atoms with Crippen molar-refractivity contribution in [2.24, 2.45) is 5.11 Å². The van der Waals surface area contributed by atoms with Crippen molar-refractivity contribution < 1.29 is 28.9 Å². The molecule has 0 rings (SSSR count). The lowest BCUT2D eigenvalue weighted by Gasteiger charge is -2.06. The minimum Gasteiger partial charge on any atom is -0.480 e. The summed E-state index contributed by atoms with van der Waals surface area (Å²) >= 11 is 0. The van der Waals surface area contributed by atoms with Crippen LogP contribution in [0.4, 0.5) is 0 Å². The summed E-state index contributed by atoms with van der Waals surface area (Å²) in [6.45, 7) is 0.937. The highest BCUT2D eigenvalue weighted by molar-refractivity contribution is 5.77. The Balaban J connectivity index is 3.24. The maximum absolute atomic E-state index is 11.2. The standard InChI is InChI=1S/C10H18N4O6/c11-14-13-2-4-18-3-1-12-9(15)7-19-5-6-20-8-10(16)17/h1-8H2,(H,12,15)(H,16,17). The molecule has 1 amide bonds. The summed E-state index contributed by atoms with van der Waals surface area (Å²) in [5.74, 6) is -1.36. The van der Waals surface area contributed by atoms with E-state index in [0.29, 0.717) is 19.8 Å². The number of amides is 1. The van der Waals surface area contributed by atoms with Crippen molar-refractivity contribution in [1.82, 2.24) is 5.32 Å². The minimum atomic E-state index is -1.05. The Bertz CT molecular complexity index is 316. The van der Waals surface area contributed by atoms with Crippen LogP contribution in [0.2, 0.25) is 0 Å². The fourth-order valence-electron chi connectivity index (χ4n) is 1.01. The number of aliphatic carboxylic acids is 1. The number of ether oxygens (including phenoxy) is 3. The second-order valence-electron chi connectivity index (χ2n) is 3.42. The Morgan fingerprint density at radius 1 is 1.10 bits per heavy atom. The third kappa shape index (κ3) is 14.2. The van der Waals surface area contributed by atoms with Crippen molar-refractivity contribution in [2.45, 2.75) is 0 Å². The number of hydrogen-bond acceptors (Lipinski definition) is 6. The van der Waals surface area contributed by atoms with E-state index in [-0.39, 0.29) is 38.9 Å². The van der Waals surface area contributed by atoms with Gasteiger partial charge in [-0.1, -0.05) is 5.11 Å². The van der Waals surface area contributed by atoms with Crippen molar-refractivity contribution >= 4 is 11.9 Å². The monoisotopic (exact) mass is 290 g/mol. The maximum atomic E-state index is 11.2. The summed E-state index contributed by atoms with van der Waals surface area (Å²) in [6, 6.07) is 0. The quantitative estimate of drug-likeness (QED) is 0.203. The first kappa shape index (κ1) is 18.1. The average molecular weight is 290 g/mol. The van der Waals surface area contributed by atoms with Gasteiger partial charge in [-0.2, -0.15) is 0 Å². The van der Waals surface area contributed by atoms with Crippen LogP contribution < -0.4 is 5.32 Å². The number of rotatable bonds is 13. The first-order valence-electron chi connectivity index (χ1n) is 5.89. The topological polar surface area (TPSA) is 143 Å². The Morgan fingerprint density at radius 2 is 1.80 bits per heavy atom. The Kier molecular flexibility index (Phi) is 12.3. The van der Waals surface area contributed by atoms with E-state index in [0.717, 1.165) is 0 Å². The van der Waals surface area contributed by atoms with Crippen LogP contribution in [0.15, 0.2) is 5.11 Å². The van der Waals surface area contributed by atoms with Crippen LogP contribution in [0.3, 0.4) is 0 Å². The number of nitrogens with one attached hydrogen (secondary N) is 1. The fourth-order valence-corrected chi connectivity index (χ4v) is 1.01. The van der Waals surface area contributed by atoms with Gasteiger partial charge in [-0.05, 0) is 5.53 Å². The molecule has 0 bridgehead atoms. The van der Waals surface area contributed by atoms with Gasteiger partial charge in [0.05, 0.1) is 26.4 Å². The summed E-state index contributed by atoms with van der Waals surface area (Å²) in [6.07, 6.45) is 0. The lowest BCUT2D eigenvalue weighted by molar-refractivity contribution is -0.143. The molecule has 114 valence electrons. The molecular formula is C10H18N4O6. The average Bonchev–Trinajstić information content (AvgIpc) is 2.41. The molecular weight excluding hydrogens is 272 g/mol. The first-order valence-corrected chi connectivity index (χ1v) is 5.89. The molecule has 0 atom stereocenters. The van der Waals surface area contributed by atoms with Gasteiger partial charge in [0, 0.05) is 18.0 Å². The highest BCUT2D eigenvalue weighted by Crippen LogP contribution is 1.81. The predicted molar refractivity (Wildman–Crippen MR) is 67.1 cm³/mol. The zero-order chi connectivity index (χ0) is 15.1. The van der Waals surface area contributed by atoms with Crippen LogP contribution in [-0.2, 0) is 23.8 Å². The summed E-state index contributed by atoms with van der Waals surface area (Å²) in [5.41, 5.74) is 8.00. The molecule has 0 aromatic heterocycles. The van der Waals surface area contributed by atoms with Crippen molar-refractivity contribution in [2.75, 3.05) is 52.7 Å². The van der Waals surface area contributed by atoms with E-state index in [4.69, 9.17) is 24.8 Å². The molecule has 0 saturated heterocycles. The number of carboxylic acids is 1. The van der Waals surface area contributed by atoms with E-state index < -0.39 is 5.97 Å². The van der Waals surface area contributed by atoms with Crippen LogP contribution in [0.25, 0.3) is 10.4 Å². The van der Waals surface area contributed by atoms with Crippen LogP contribution in [0, 0.1) is 0 Å². The Morgan fingerprint density at radius 3 is 2.45 bits per heavy atom. The molecule has 0 fully saturated rings. The molecule has 0 spiro atoms. The number of azide groups is 1. The van der Waals surface area contributed by atoms with Crippen LogP contribution in [0.1, 0.15) is 0 Å². The lowest BCUT2D eigenvalue weighted by Crippen LogP contribution is -2.31. The molecule has 0 saturated carbocycles. The molecule has 0 aromatic rings. The van der Waals surface area contributed by atoms with Crippen LogP contribution >= 0.6 is 0 Å². The van der Waals surface area contributed by atoms with Gasteiger partial charge in [0.25, 0.3) is 0 Å². The second kappa shape index (κ2) is 13.6. The van der Waals surface area contributed by atoms with E-state index in [1.165, 1.54) is 0 Å². The van der Waals surface area contributed by atoms with Gasteiger partial charge in [0.15, 0.2) is 0 Å². The molecule has 0 heterocycles. The molecule has 0 unspecified atom stereocenters. The molecule has 0 aliphatic heterocycles. The smallest absolute Gasteiger partial charge is 0.329 e. The first-order chi connectivity index (χ1) is 9.66. The van der Waals surface area contributed by atoms with E-state index in [2.05, 4.69) is 15.3 Å². The summed E-state index contributed by atoms with van der Waals surface area (Å²) in [4.78, 5) is 23.9. The van der Waals surface area contributed by atoms with E-state index in [1.54, 1.807) is 0 Å². The molecule has 10 heteroatoms. The van der Waals surface area contributed by atoms with E-state index in [1.807, 2.05) is 0 Å².